The van der Waals surface area contributed by atoms with Crippen molar-refractivity contribution in [2.75, 3.05) is 37.6 Å². The van der Waals surface area contributed by atoms with E-state index in [0.717, 1.165) is 23.8 Å². The highest BCUT2D eigenvalue weighted by molar-refractivity contribution is 6.30. The molecule has 1 aromatic carbocycles. The number of amides is 3. The third-order valence-electron chi connectivity index (χ3n) is 5.05. The molecule has 1 atom stereocenters. The average molecular weight is 388 g/mol. The number of anilines is 1. The fourth-order valence-electron chi connectivity index (χ4n) is 3.55. The number of urea groups is 1. The molecule has 27 heavy (non-hydrogen) atoms. The maximum absolute atomic E-state index is 12.6. The van der Waals surface area contributed by atoms with E-state index in [1.54, 1.807) is 11.1 Å². The first kappa shape index (κ1) is 17.9. The molecule has 4 rings (SSSR count). The Morgan fingerprint density at radius 1 is 1.19 bits per heavy atom. The predicted molar refractivity (Wildman–Crippen MR) is 104 cm³/mol. The standard InChI is InChI=1S/C19H22ClN5O2/c20-15-4-3-5-16(14-15)22-10-12-23(13-11-22)18(26)7-9-25-19(27)24-8-2-1-6-17(24)21-25/h1-6,8,14,17,21H,7,9-13H2. The van der Waals surface area contributed by atoms with Gasteiger partial charge in [-0.3, -0.25) is 14.7 Å². The van der Waals surface area contributed by atoms with E-state index in [-0.39, 0.29) is 18.1 Å². The van der Waals surface area contributed by atoms with Crippen LogP contribution in [0.1, 0.15) is 6.42 Å². The number of carbonyl (C=O) groups excluding carboxylic acids is 2. The molecular weight excluding hydrogens is 366 g/mol. The number of fused-ring (bicyclic) bond motifs is 1. The minimum atomic E-state index is -0.154. The van der Waals surface area contributed by atoms with Crippen molar-refractivity contribution in [3.63, 3.8) is 0 Å². The number of halogens is 1. The number of hydrazine groups is 1. The Kier molecular flexibility index (Phi) is 5.05. The van der Waals surface area contributed by atoms with Gasteiger partial charge < -0.3 is 9.80 Å². The molecule has 3 aliphatic heterocycles. The minimum Gasteiger partial charge on any atom is -0.368 e. The van der Waals surface area contributed by atoms with Crippen molar-refractivity contribution in [2.45, 2.75) is 12.6 Å². The van der Waals surface area contributed by atoms with Crippen molar-refractivity contribution in [2.24, 2.45) is 0 Å². The number of hydrogen-bond acceptors (Lipinski definition) is 4. The van der Waals surface area contributed by atoms with Gasteiger partial charge >= 0.3 is 6.03 Å². The SMILES string of the molecule is O=C(CCN1NC2C=CC=CN2C1=O)N1CCN(c2cccc(Cl)c2)CC1. The summed E-state index contributed by atoms with van der Waals surface area (Å²) in [7, 11) is 0. The first-order valence-corrected chi connectivity index (χ1v) is 9.49. The van der Waals surface area contributed by atoms with Crippen LogP contribution in [0, 0.1) is 0 Å². The Hall–Kier alpha value is -2.51. The van der Waals surface area contributed by atoms with E-state index in [9.17, 15) is 9.59 Å². The number of benzene rings is 1. The Morgan fingerprint density at radius 3 is 2.74 bits per heavy atom. The van der Waals surface area contributed by atoms with Gasteiger partial charge in [0.25, 0.3) is 0 Å². The summed E-state index contributed by atoms with van der Waals surface area (Å²) in [5, 5.41) is 2.24. The van der Waals surface area contributed by atoms with Crippen LogP contribution in [0.15, 0.2) is 48.7 Å². The first-order valence-electron chi connectivity index (χ1n) is 9.11. The summed E-state index contributed by atoms with van der Waals surface area (Å²) in [4.78, 5) is 30.6. The Morgan fingerprint density at radius 2 is 2.00 bits per heavy atom. The summed E-state index contributed by atoms with van der Waals surface area (Å²) in [5.41, 5.74) is 4.20. The van der Waals surface area contributed by atoms with Crippen LogP contribution in [-0.2, 0) is 4.79 Å². The van der Waals surface area contributed by atoms with Gasteiger partial charge in [-0.05, 0) is 30.4 Å². The number of piperazine rings is 1. The van der Waals surface area contributed by atoms with Gasteiger partial charge in [-0.2, -0.15) is 0 Å². The molecule has 0 bridgehead atoms. The maximum atomic E-state index is 12.6. The fraction of sp³-hybridized carbons (Fsp3) is 0.368. The van der Waals surface area contributed by atoms with Crippen molar-refractivity contribution in [3.8, 4) is 0 Å². The number of rotatable bonds is 4. The van der Waals surface area contributed by atoms with Crippen molar-refractivity contribution in [1.82, 2.24) is 20.2 Å². The summed E-state index contributed by atoms with van der Waals surface area (Å²) in [6.07, 6.45) is 7.54. The topological polar surface area (TPSA) is 59.1 Å². The van der Waals surface area contributed by atoms with Crippen LogP contribution < -0.4 is 10.3 Å². The fourth-order valence-corrected chi connectivity index (χ4v) is 3.74. The van der Waals surface area contributed by atoms with E-state index in [2.05, 4.69) is 10.3 Å². The molecule has 1 unspecified atom stereocenters. The lowest BCUT2D eigenvalue weighted by Gasteiger charge is -2.36. The Balaban J connectivity index is 1.26. The highest BCUT2D eigenvalue weighted by Gasteiger charge is 2.35. The van der Waals surface area contributed by atoms with Crippen molar-refractivity contribution in [1.29, 1.82) is 0 Å². The molecule has 1 N–H and O–H groups in total. The van der Waals surface area contributed by atoms with Crippen LogP contribution in [0.25, 0.3) is 0 Å². The molecule has 2 saturated heterocycles. The molecule has 142 valence electrons. The normalized spacial score (nSPS) is 21.8. The lowest BCUT2D eigenvalue weighted by molar-refractivity contribution is -0.131. The van der Waals surface area contributed by atoms with Gasteiger partial charge in [-0.1, -0.05) is 23.7 Å². The molecule has 3 heterocycles. The Bertz CT molecular complexity index is 788. The number of allylic oxidation sites excluding steroid dienone is 2. The first-order chi connectivity index (χ1) is 13.1. The molecule has 7 nitrogen and oxygen atoms in total. The zero-order chi connectivity index (χ0) is 18.8. The molecule has 1 aromatic rings. The van der Waals surface area contributed by atoms with Crippen molar-refractivity contribution < 1.29 is 9.59 Å². The molecule has 0 aliphatic carbocycles. The van der Waals surface area contributed by atoms with Gasteiger partial charge in [0.05, 0.1) is 0 Å². The summed E-state index contributed by atoms with van der Waals surface area (Å²) < 4.78 is 0. The summed E-state index contributed by atoms with van der Waals surface area (Å²) in [6, 6.07) is 7.65. The van der Waals surface area contributed by atoms with E-state index in [1.165, 1.54) is 5.01 Å². The predicted octanol–water partition coefficient (Wildman–Crippen LogP) is 2.03. The number of nitrogens with zero attached hydrogens (tertiary/aromatic N) is 4. The molecule has 3 amide bonds. The van der Waals surface area contributed by atoms with Crippen LogP contribution >= 0.6 is 11.6 Å². The Labute approximate surface area is 163 Å². The molecular formula is C19H22ClN5O2. The maximum Gasteiger partial charge on any atom is 0.340 e. The van der Waals surface area contributed by atoms with Crippen LogP contribution in [-0.4, -0.2) is 65.6 Å². The van der Waals surface area contributed by atoms with E-state index in [0.29, 0.717) is 26.1 Å². The smallest absolute Gasteiger partial charge is 0.340 e. The van der Waals surface area contributed by atoms with Gasteiger partial charge in [-0.25, -0.2) is 10.2 Å². The lowest BCUT2D eigenvalue weighted by atomic mass is 10.2. The second kappa shape index (κ2) is 7.62. The van der Waals surface area contributed by atoms with Gasteiger partial charge in [0.1, 0.15) is 6.17 Å². The third-order valence-corrected chi connectivity index (χ3v) is 5.28. The van der Waals surface area contributed by atoms with Crippen molar-refractivity contribution >= 4 is 29.2 Å². The molecule has 3 aliphatic rings. The minimum absolute atomic E-state index is 0.0753. The number of nitrogens with one attached hydrogen (secondary N) is 1. The van der Waals surface area contributed by atoms with Crippen LogP contribution in [0.2, 0.25) is 5.02 Å². The van der Waals surface area contributed by atoms with Crippen molar-refractivity contribution in [3.05, 3.63) is 53.7 Å². The second-order valence-electron chi connectivity index (χ2n) is 6.74. The number of hydrogen-bond donors (Lipinski definition) is 1. The van der Waals surface area contributed by atoms with E-state index < -0.39 is 0 Å². The van der Waals surface area contributed by atoms with Gasteiger partial charge in [0, 0.05) is 56.1 Å². The number of carbonyl (C=O) groups is 2. The molecule has 8 heteroatoms. The van der Waals surface area contributed by atoms with Crippen LogP contribution in [0.3, 0.4) is 0 Å². The largest absolute Gasteiger partial charge is 0.368 e. The van der Waals surface area contributed by atoms with Crippen LogP contribution in [0.5, 0.6) is 0 Å². The monoisotopic (exact) mass is 387 g/mol. The van der Waals surface area contributed by atoms with Crippen LogP contribution in [0.4, 0.5) is 10.5 Å². The van der Waals surface area contributed by atoms with Gasteiger partial charge in [-0.15, -0.1) is 0 Å². The van der Waals surface area contributed by atoms with Gasteiger partial charge in [0.2, 0.25) is 5.91 Å². The summed E-state index contributed by atoms with van der Waals surface area (Å²) >= 11 is 6.06. The molecule has 0 spiro atoms. The molecule has 0 radical (unpaired) electrons. The zero-order valence-electron chi connectivity index (χ0n) is 14.9. The van der Waals surface area contributed by atoms with E-state index >= 15 is 0 Å². The van der Waals surface area contributed by atoms with E-state index in [1.807, 2.05) is 47.4 Å². The van der Waals surface area contributed by atoms with E-state index in [4.69, 9.17) is 11.6 Å². The lowest BCUT2D eigenvalue weighted by Crippen LogP contribution is -2.49. The highest BCUT2D eigenvalue weighted by Crippen LogP contribution is 2.21. The third kappa shape index (κ3) is 3.79. The molecule has 0 aromatic heterocycles. The summed E-state index contributed by atoms with van der Waals surface area (Å²) in [5.74, 6) is 0.0753. The quantitative estimate of drug-likeness (QED) is 0.858. The van der Waals surface area contributed by atoms with Gasteiger partial charge in [0.15, 0.2) is 0 Å². The summed E-state index contributed by atoms with van der Waals surface area (Å²) in [6.45, 7) is 3.26. The average Bonchev–Trinajstić information content (AvgIpc) is 3.02. The molecule has 0 saturated carbocycles. The molecule has 2 fully saturated rings. The zero-order valence-corrected chi connectivity index (χ0v) is 15.7. The second-order valence-corrected chi connectivity index (χ2v) is 7.18. The highest BCUT2D eigenvalue weighted by atomic mass is 35.5.